The van der Waals surface area contributed by atoms with Crippen LogP contribution in [0.1, 0.15) is 43.7 Å². The van der Waals surface area contributed by atoms with Crippen molar-refractivity contribution in [3.8, 4) is 0 Å². The molecule has 1 aromatic rings. The Kier molecular flexibility index (Phi) is 4.19. The second-order valence-corrected chi connectivity index (χ2v) is 7.15. The van der Waals surface area contributed by atoms with Crippen LogP contribution >= 0.6 is 0 Å². The number of carboxylic acids is 1. The van der Waals surface area contributed by atoms with E-state index in [1.807, 2.05) is 0 Å². The molecule has 3 unspecified atom stereocenters. The van der Waals surface area contributed by atoms with Crippen LogP contribution in [0.4, 0.5) is 0 Å². The number of furan rings is 1. The summed E-state index contributed by atoms with van der Waals surface area (Å²) in [7, 11) is -3.79. The van der Waals surface area contributed by atoms with Crippen molar-refractivity contribution in [2.45, 2.75) is 44.2 Å². The van der Waals surface area contributed by atoms with Crippen LogP contribution in [0.15, 0.2) is 21.6 Å². The van der Waals surface area contributed by atoms with Crippen molar-refractivity contribution in [1.82, 2.24) is 4.72 Å². The van der Waals surface area contributed by atoms with E-state index in [2.05, 4.69) is 18.6 Å². The van der Waals surface area contributed by atoms with Crippen molar-refractivity contribution in [3.05, 3.63) is 17.9 Å². The number of hydrogen-bond acceptors (Lipinski definition) is 4. The smallest absolute Gasteiger partial charge is 0.371 e. The van der Waals surface area contributed by atoms with Gasteiger partial charge in [0.25, 0.3) is 10.0 Å². The van der Waals surface area contributed by atoms with E-state index in [-0.39, 0.29) is 16.9 Å². The molecule has 0 amide bonds. The first kappa shape index (κ1) is 15.1. The minimum absolute atomic E-state index is 0.121. The van der Waals surface area contributed by atoms with Crippen LogP contribution in [0.2, 0.25) is 0 Å². The molecule has 0 aromatic carbocycles. The summed E-state index contributed by atoms with van der Waals surface area (Å²) in [5, 5.41) is 8.39. The molecular formula is C13H19NO5S. The summed E-state index contributed by atoms with van der Waals surface area (Å²) in [5.74, 6) is -0.608. The fourth-order valence-corrected chi connectivity index (χ4v) is 3.73. The molecular weight excluding hydrogens is 282 g/mol. The molecule has 20 heavy (non-hydrogen) atoms. The first-order valence-corrected chi connectivity index (χ1v) is 8.13. The van der Waals surface area contributed by atoms with Crippen molar-refractivity contribution in [3.63, 3.8) is 0 Å². The van der Waals surface area contributed by atoms with E-state index in [0.717, 1.165) is 25.3 Å². The molecule has 1 aliphatic rings. The molecule has 0 radical (unpaired) electrons. The van der Waals surface area contributed by atoms with E-state index in [4.69, 9.17) is 9.52 Å². The molecule has 0 aliphatic heterocycles. The summed E-state index contributed by atoms with van der Waals surface area (Å²) >= 11 is 0. The molecule has 0 bridgehead atoms. The Morgan fingerprint density at radius 3 is 2.55 bits per heavy atom. The molecule has 1 aliphatic carbocycles. The molecule has 7 heteroatoms. The average Bonchev–Trinajstić information content (AvgIpc) is 2.84. The van der Waals surface area contributed by atoms with Crippen LogP contribution in [0.5, 0.6) is 0 Å². The van der Waals surface area contributed by atoms with Crippen molar-refractivity contribution < 1.29 is 22.7 Å². The molecule has 112 valence electrons. The van der Waals surface area contributed by atoms with Crippen molar-refractivity contribution in [1.29, 1.82) is 0 Å². The third-order valence-electron chi connectivity index (χ3n) is 3.98. The van der Waals surface area contributed by atoms with E-state index in [9.17, 15) is 13.2 Å². The molecule has 1 saturated carbocycles. The van der Waals surface area contributed by atoms with Gasteiger partial charge in [0.2, 0.25) is 10.9 Å². The molecule has 0 saturated heterocycles. The predicted molar refractivity (Wildman–Crippen MR) is 72.0 cm³/mol. The zero-order valence-electron chi connectivity index (χ0n) is 11.5. The highest BCUT2D eigenvalue weighted by atomic mass is 32.2. The molecule has 2 N–H and O–H groups in total. The number of rotatable bonds is 4. The van der Waals surface area contributed by atoms with Gasteiger partial charge < -0.3 is 9.52 Å². The Morgan fingerprint density at radius 2 is 2.00 bits per heavy atom. The molecule has 1 aromatic heterocycles. The number of carbonyl (C=O) groups is 1. The Bertz CT molecular complexity index is 592. The van der Waals surface area contributed by atoms with E-state index >= 15 is 0 Å². The first-order chi connectivity index (χ1) is 9.29. The largest absolute Gasteiger partial charge is 0.475 e. The number of carboxylic acid groups (broad SMARTS) is 1. The first-order valence-electron chi connectivity index (χ1n) is 6.65. The van der Waals surface area contributed by atoms with Gasteiger partial charge in [-0.2, -0.15) is 0 Å². The lowest BCUT2D eigenvalue weighted by Crippen LogP contribution is -2.39. The maximum atomic E-state index is 12.1. The maximum absolute atomic E-state index is 12.1. The van der Waals surface area contributed by atoms with Gasteiger partial charge in [-0.25, -0.2) is 17.9 Å². The minimum atomic E-state index is -3.79. The lowest BCUT2D eigenvalue weighted by atomic mass is 9.79. The van der Waals surface area contributed by atoms with E-state index < -0.39 is 16.0 Å². The van der Waals surface area contributed by atoms with Gasteiger partial charge in [0.15, 0.2) is 0 Å². The van der Waals surface area contributed by atoms with Crippen LogP contribution in [-0.2, 0) is 10.0 Å². The summed E-state index contributed by atoms with van der Waals surface area (Å²) in [6.07, 6.45) is 2.55. The van der Waals surface area contributed by atoms with Crippen LogP contribution in [0, 0.1) is 11.8 Å². The fourth-order valence-electron chi connectivity index (χ4n) is 2.51. The molecule has 1 fully saturated rings. The second kappa shape index (κ2) is 5.57. The number of sulfonamides is 1. The summed E-state index contributed by atoms with van der Waals surface area (Å²) in [4.78, 5) is 10.7. The SMILES string of the molecule is CC1CCC(NS(=O)(=O)c2ccc(C(=O)O)o2)CC1C. The normalized spacial score (nSPS) is 27.4. The zero-order valence-corrected chi connectivity index (χ0v) is 12.3. The van der Waals surface area contributed by atoms with E-state index in [0.29, 0.717) is 11.8 Å². The van der Waals surface area contributed by atoms with Crippen molar-refractivity contribution in [2.24, 2.45) is 11.8 Å². The van der Waals surface area contributed by atoms with Gasteiger partial charge >= 0.3 is 5.97 Å². The minimum Gasteiger partial charge on any atom is -0.475 e. The number of aromatic carboxylic acids is 1. The highest BCUT2D eigenvalue weighted by Gasteiger charge is 2.29. The summed E-state index contributed by atoms with van der Waals surface area (Å²) in [5.41, 5.74) is 0. The number of hydrogen-bond donors (Lipinski definition) is 2. The van der Waals surface area contributed by atoms with E-state index in [1.54, 1.807) is 0 Å². The Labute approximate surface area is 118 Å². The van der Waals surface area contributed by atoms with Gasteiger partial charge in [-0.05, 0) is 43.2 Å². The van der Waals surface area contributed by atoms with E-state index in [1.165, 1.54) is 6.07 Å². The van der Waals surface area contributed by atoms with Crippen LogP contribution in [0.3, 0.4) is 0 Å². The van der Waals surface area contributed by atoms with Crippen LogP contribution < -0.4 is 4.72 Å². The lowest BCUT2D eigenvalue weighted by molar-refractivity contribution is 0.0656. The summed E-state index contributed by atoms with van der Waals surface area (Å²) in [6, 6.07) is 2.19. The third kappa shape index (κ3) is 3.21. The standard InChI is InChI=1S/C13H19NO5S/c1-8-3-4-10(7-9(8)2)14-20(17,18)12-6-5-11(19-12)13(15)16/h5-6,8-10,14H,3-4,7H2,1-2H3,(H,15,16). The second-order valence-electron chi connectivity index (χ2n) is 5.51. The topological polar surface area (TPSA) is 96.6 Å². The quantitative estimate of drug-likeness (QED) is 0.887. The molecule has 1 heterocycles. The van der Waals surface area contributed by atoms with Gasteiger partial charge in [-0.15, -0.1) is 0 Å². The molecule has 2 rings (SSSR count). The van der Waals surface area contributed by atoms with Gasteiger partial charge in [0.1, 0.15) is 0 Å². The summed E-state index contributed by atoms with van der Waals surface area (Å²) < 4.78 is 31.7. The van der Waals surface area contributed by atoms with Gasteiger partial charge in [0, 0.05) is 6.04 Å². The average molecular weight is 301 g/mol. The Morgan fingerprint density at radius 1 is 1.30 bits per heavy atom. The van der Waals surface area contributed by atoms with Crippen molar-refractivity contribution in [2.75, 3.05) is 0 Å². The summed E-state index contributed by atoms with van der Waals surface area (Å²) in [6.45, 7) is 4.28. The zero-order chi connectivity index (χ0) is 14.9. The lowest BCUT2D eigenvalue weighted by Gasteiger charge is -2.32. The maximum Gasteiger partial charge on any atom is 0.371 e. The Balaban J connectivity index is 2.09. The highest BCUT2D eigenvalue weighted by molar-refractivity contribution is 7.89. The van der Waals surface area contributed by atoms with Crippen molar-refractivity contribution >= 4 is 16.0 Å². The Hall–Kier alpha value is -1.34. The predicted octanol–water partition coefficient (Wildman–Crippen LogP) is 2.08. The van der Waals surface area contributed by atoms with Gasteiger partial charge in [0.05, 0.1) is 0 Å². The molecule has 6 nitrogen and oxygen atoms in total. The van der Waals surface area contributed by atoms with Crippen LogP contribution in [0.25, 0.3) is 0 Å². The van der Waals surface area contributed by atoms with Gasteiger partial charge in [-0.3, -0.25) is 0 Å². The third-order valence-corrected chi connectivity index (χ3v) is 5.37. The monoisotopic (exact) mass is 301 g/mol. The number of nitrogens with one attached hydrogen (secondary N) is 1. The molecule has 3 atom stereocenters. The fraction of sp³-hybridized carbons (Fsp3) is 0.615. The molecule has 0 spiro atoms. The van der Waals surface area contributed by atoms with Gasteiger partial charge in [-0.1, -0.05) is 13.8 Å². The highest BCUT2D eigenvalue weighted by Crippen LogP contribution is 2.30. The van der Waals surface area contributed by atoms with Crippen LogP contribution in [-0.4, -0.2) is 25.5 Å².